The third kappa shape index (κ3) is 2.52. The molecule has 1 N–H and O–H groups in total. The average Bonchev–Trinajstić information content (AvgIpc) is 2.72. The molecule has 0 aromatic carbocycles. The Balaban J connectivity index is 2.29. The van der Waals surface area contributed by atoms with Crippen molar-refractivity contribution in [2.75, 3.05) is 17.3 Å². The highest BCUT2D eigenvalue weighted by molar-refractivity contribution is 7.98. The summed E-state index contributed by atoms with van der Waals surface area (Å²) in [5.41, 5.74) is 0.863. The van der Waals surface area contributed by atoms with Crippen LogP contribution in [0.3, 0.4) is 0 Å². The van der Waals surface area contributed by atoms with Crippen LogP contribution in [0.15, 0.2) is 12.5 Å². The van der Waals surface area contributed by atoms with E-state index < -0.39 is 0 Å². The van der Waals surface area contributed by atoms with Crippen molar-refractivity contribution >= 4 is 28.6 Å². The first kappa shape index (κ1) is 12.2. The summed E-state index contributed by atoms with van der Waals surface area (Å²) in [6, 6.07) is 0.434. The number of fused-ring (bicyclic) bond motifs is 1. The highest BCUT2D eigenvalue weighted by Gasteiger charge is 2.11. The number of aromatic nitrogens is 4. The summed E-state index contributed by atoms with van der Waals surface area (Å²) in [5, 5.41) is 8.65. The highest BCUT2D eigenvalue weighted by Crippen LogP contribution is 2.19. The maximum Gasteiger partial charge on any atom is 0.163 e. The molecule has 0 aliphatic carbocycles. The number of thioether (sulfide) groups is 1. The molecule has 0 aliphatic rings. The molecule has 6 heteroatoms. The number of hydrogen-bond acceptors (Lipinski definition) is 5. The van der Waals surface area contributed by atoms with E-state index >= 15 is 0 Å². The minimum atomic E-state index is 0.434. The second-order valence-corrected chi connectivity index (χ2v) is 4.84. The first-order valence-electron chi connectivity index (χ1n) is 5.64. The molecule has 5 nitrogen and oxygen atoms in total. The molecular formula is C11H17N5S. The minimum absolute atomic E-state index is 0.434. The summed E-state index contributed by atoms with van der Waals surface area (Å²) in [6.45, 7) is 2.18. The van der Waals surface area contributed by atoms with Crippen LogP contribution in [0.2, 0.25) is 0 Å². The van der Waals surface area contributed by atoms with Gasteiger partial charge in [-0.15, -0.1) is 0 Å². The zero-order chi connectivity index (χ0) is 12.3. The lowest BCUT2D eigenvalue weighted by Gasteiger charge is -2.16. The van der Waals surface area contributed by atoms with Gasteiger partial charge in [0, 0.05) is 18.8 Å². The van der Waals surface area contributed by atoms with Gasteiger partial charge in [-0.1, -0.05) is 6.92 Å². The van der Waals surface area contributed by atoms with Crippen molar-refractivity contribution in [3.63, 3.8) is 0 Å². The molecule has 0 saturated heterocycles. The summed E-state index contributed by atoms with van der Waals surface area (Å²) in [7, 11) is 1.89. The van der Waals surface area contributed by atoms with Gasteiger partial charge in [0.25, 0.3) is 0 Å². The predicted molar refractivity (Wildman–Crippen MR) is 72.4 cm³/mol. The fraction of sp³-hybridized carbons (Fsp3) is 0.545. The zero-order valence-electron chi connectivity index (χ0n) is 10.3. The predicted octanol–water partition coefficient (Wildman–Crippen LogP) is 1.92. The number of anilines is 1. The van der Waals surface area contributed by atoms with Crippen molar-refractivity contribution < 1.29 is 0 Å². The van der Waals surface area contributed by atoms with Gasteiger partial charge < -0.3 is 5.32 Å². The largest absolute Gasteiger partial charge is 0.366 e. The van der Waals surface area contributed by atoms with Crippen molar-refractivity contribution in [2.45, 2.75) is 19.4 Å². The fourth-order valence-corrected chi connectivity index (χ4v) is 2.45. The number of hydrogen-bond donors (Lipinski definition) is 1. The Kier molecular flexibility index (Phi) is 3.83. The molecule has 1 atom stereocenters. The highest BCUT2D eigenvalue weighted by atomic mass is 32.2. The summed E-state index contributed by atoms with van der Waals surface area (Å²) < 4.78 is 1.76. The van der Waals surface area contributed by atoms with Gasteiger partial charge >= 0.3 is 0 Å². The summed E-state index contributed by atoms with van der Waals surface area (Å²) in [6.07, 6.45) is 6.58. The first-order valence-corrected chi connectivity index (χ1v) is 7.03. The Morgan fingerprint density at radius 2 is 2.29 bits per heavy atom. The Hall–Kier alpha value is -1.30. The molecule has 17 heavy (non-hydrogen) atoms. The molecule has 0 bridgehead atoms. The van der Waals surface area contributed by atoms with Crippen LogP contribution in [-0.2, 0) is 7.05 Å². The maximum atomic E-state index is 4.31. The lowest BCUT2D eigenvalue weighted by atomic mass is 10.2. The van der Waals surface area contributed by atoms with E-state index in [1.807, 2.05) is 25.0 Å². The lowest BCUT2D eigenvalue weighted by molar-refractivity contribution is 0.769. The Bertz CT molecular complexity index is 496. The van der Waals surface area contributed by atoms with E-state index in [4.69, 9.17) is 0 Å². The van der Waals surface area contributed by atoms with E-state index in [9.17, 15) is 0 Å². The lowest BCUT2D eigenvalue weighted by Crippen LogP contribution is -2.21. The van der Waals surface area contributed by atoms with E-state index in [2.05, 4.69) is 33.6 Å². The molecule has 2 rings (SSSR count). The third-order valence-corrected chi connectivity index (χ3v) is 3.47. The van der Waals surface area contributed by atoms with E-state index in [-0.39, 0.29) is 0 Å². The van der Waals surface area contributed by atoms with Crippen LogP contribution in [0.5, 0.6) is 0 Å². The molecule has 1 unspecified atom stereocenters. The third-order valence-electron chi connectivity index (χ3n) is 2.73. The minimum Gasteiger partial charge on any atom is -0.366 e. The Labute approximate surface area is 105 Å². The van der Waals surface area contributed by atoms with Crippen molar-refractivity contribution in [1.29, 1.82) is 0 Å². The van der Waals surface area contributed by atoms with Crippen LogP contribution >= 0.6 is 11.8 Å². The van der Waals surface area contributed by atoms with Crippen molar-refractivity contribution in [1.82, 2.24) is 19.7 Å². The number of rotatable bonds is 5. The van der Waals surface area contributed by atoms with Gasteiger partial charge in [0.1, 0.15) is 12.1 Å². The van der Waals surface area contributed by atoms with Crippen LogP contribution < -0.4 is 5.32 Å². The van der Waals surface area contributed by atoms with E-state index in [1.54, 1.807) is 11.0 Å². The topological polar surface area (TPSA) is 55.6 Å². The summed E-state index contributed by atoms with van der Waals surface area (Å²) >= 11 is 1.84. The van der Waals surface area contributed by atoms with Crippen molar-refractivity contribution in [3.8, 4) is 0 Å². The summed E-state index contributed by atoms with van der Waals surface area (Å²) in [4.78, 5) is 8.53. The van der Waals surface area contributed by atoms with Crippen LogP contribution in [-0.4, -0.2) is 37.8 Å². The SMILES string of the molecule is CCC(CSC)Nc1ncnc2c1cnn2C. The smallest absolute Gasteiger partial charge is 0.163 e. The summed E-state index contributed by atoms with van der Waals surface area (Å²) in [5.74, 6) is 1.95. The van der Waals surface area contributed by atoms with Gasteiger partial charge in [0.2, 0.25) is 0 Å². The van der Waals surface area contributed by atoms with Crippen LogP contribution in [0.1, 0.15) is 13.3 Å². The maximum absolute atomic E-state index is 4.31. The molecule has 2 heterocycles. The molecule has 0 radical (unpaired) electrons. The van der Waals surface area contributed by atoms with E-state index in [0.717, 1.165) is 29.0 Å². The van der Waals surface area contributed by atoms with Gasteiger partial charge in [-0.2, -0.15) is 16.9 Å². The monoisotopic (exact) mass is 251 g/mol. The van der Waals surface area contributed by atoms with Gasteiger partial charge in [-0.3, -0.25) is 4.68 Å². The molecular weight excluding hydrogens is 234 g/mol. The Morgan fingerprint density at radius 1 is 1.47 bits per heavy atom. The standard InChI is InChI=1S/C11H17N5S/c1-4-8(6-17-3)15-10-9-5-14-16(2)11(9)13-7-12-10/h5,7-8H,4,6H2,1-3H3,(H,12,13,15). The quantitative estimate of drug-likeness (QED) is 0.879. The normalized spacial score (nSPS) is 12.9. The second-order valence-electron chi connectivity index (χ2n) is 3.93. The van der Waals surface area contributed by atoms with E-state index in [0.29, 0.717) is 6.04 Å². The molecule has 0 amide bonds. The van der Waals surface area contributed by atoms with Gasteiger partial charge in [-0.25, -0.2) is 9.97 Å². The molecule has 0 saturated carbocycles. The second kappa shape index (κ2) is 5.35. The van der Waals surface area contributed by atoms with Crippen molar-refractivity contribution in [3.05, 3.63) is 12.5 Å². The molecule has 2 aromatic rings. The number of nitrogens with one attached hydrogen (secondary N) is 1. The number of nitrogens with zero attached hydrogens (tertiary/aromatic N) is 4. The molecule has 0 fully saturated rings. The average molecular weight is 251 g/mol. The van der Waals surface area contributed by atoms with E-state index in [1.165, 1.54) is 0 Å². The van der Waals surface area contributed by atoms with Crippen molar-refractivity contribution in [2.24, 2.45) is 7.05 Å². The van der Waals surface area contributed by atoms with Crippen LogP contribution in [0, 0.1) is 0 Å². The van der Waals surface area contributed by atoms with Gasteiger partial charge in [0.05, 0.1) is 11.6 Å². The Morgan fingerprint density at radius 3 is 3.00 bits per heavy atom. The van der Waals surface area contributed by atoms with Gasteiger partial charge in [0.15, 0.2) is 5.65 Å². The van der Waals surface area contributed by atoms with Crippen LogP contribution in [0.25, 0.3) is 11.0 Å². The zero-order valence-corrected chi connectivity index (χ0v) is 11.2. The van der Waals surface area contributed by atoms with Crippen LogP contribution in [0.4, 0.5) is 5.82 Å². The fourth-order valence-electron chi connectivity index (χ4n) is 1.73. The molecule has 2 aromatic heterocycles. The first-order chi connectivity index (χ1) is 8.26. The molecule has 0 aliphatic heterocycles. The van der Waals surface area contributed by atoms with Gasteiger partial charge in [-0.05, 0) is 12.7 Å². The molecule has 0 spiro atoms. The number of aryl methyl sites for hydroxylation is 1. The molecule has 92 valence electrons.